The molecule has 1 aliphatic rings. The summed E-state index contributed by atoms with van der Waals surface area (Å²) in [6.07, 6.45) is 0.751. The number of rotatable bonds is 3. The zero-order chi connectivity index (χ0) is 15.0. The minimum atomic E-state index is -0.635. The smallest absolute Gasteiger partial charge is 0.124 e. The maximum Gasteiger partial charge on any atom is 0.124 e. The topological polar surface area (TPSA) is 23.5 Å². The van der Waals surface area contributed by atoms with Crippen molar-refractivity contribution in [3.05, 3.63) is 63.9 Å². The fourth-order valence-electron chi connectivity index (χ4n) is 2.81. The summed E-state index contributed by atoms with van der Waals surface area (Å²) in [7, 11) is 2.07. The van der Waals surface area contributed by atoms with Crippen molar-refractivity contribution in [1.82, 2.24) is 0 Å². The van der Waals surface area contributed by atoms with Gasteiger partial charge in [-0.2, -0.15) is 0 Å². The van der Waals surface area contributed by atoms with Gasteiger partial charge in [0.05, 0.1) is 6.10 Å². The van der Waals surface area contributed by atoms with Gasteiger partial charge >= 0.3 is 0 Å². The zero-order valence-electron chi connectivity index (χ0n) is 11.8. The van der Waals surface area contributed by atoms with E-state index in [1.54, 1.807) is 6.07 Å². The van der Waals surface area contributed by atoms with Crippen molar-refractivity contribution in [1.29, 1.82) is 0 Å². The highest BCUT2D eigenvalue weighted by molar-refractivity contribution is 6.31. The summed E-state index contributed by atoms with van der Waals surface area (Å²) in [5.41, 5.74) is 4.12. The first kappa shape index (κ1) is 14.4. The lowest BCUT2D eigenvalue weighted by atomic mass is 9.99. The number of halogens is 2. The van der Waals surface area contributed by atoms with Crippen LogP contribution in [0.25, 0.3) is 0 Å². The highest BCUT2D eigenvalue weighted by Gasteiger charge is 2.18. The van der Waals surface area contributed by atoms with Crippen LogP contribution in [0.3, 0.4) is 0 Å². The predicted octanol–water partition coefficient (Wildman–Crippen LogP) is 3.75. The van der Waals surface area contributed by atoms with Gasteiger partial charge in [0.25, 0.3) is 0 Å². The van der Waals surface area contributed by atoms with Gasteiger partial charge < -0.3 is 10.0 Å². The molecule has 2 aromatic rings. The maximum absolute atomic E-state index is 13.0. The van der Waals surface area contributed by atoms with Crippen LogP contribution in [0, 0.1) is 5.82 Å². The summed E-state index contributed by atoms with van der Waals surface area (Å²) in [5.74, 6) is -0.362. The van der Waals surface area contributed by atoms with Crippen molar-refractivity contribution in [2.75, 3.05) is 18.5 Å². The molecule has 1 unspecified atom stereocenters. The third-order valence-electron chi connectivity index (χ3n) is 4.04. The van der Waals surface area contributed by atoms with Crippen molar-refractivity contribution in [3.8, 4) is 0 Å². The molecule has 110 valence electrons. The Morgan fingerprint density at radius 1 is 1.29 bits per heavy atom. The van der Waals surface area contributed by atoms with Gasteiger partial charge in [0.2, 0.25) is 0 Å². The number of aliphatic hydroxyl groups is 1. The Kier molecular flexibility index (Phi) is 3.87. The average molecular weight is 306 g/mol. The van der Waals surface area contributed by atoms with Crippen LogP contribution in [0.15, 0.2) is 36.4 Å². The van der Waals surface area contributed by atoms with Crippen LogP contribution in [0.5, 0.6) is 0 Å². The van der Waals surface area contributed by atoms with E-state index in [4.69, 9.17) is 11.6 Å². The molecule has 0 aromatic heterocycles. The van der Waals surface area contributed by atoms with Gasteiger partial charge in [0.15, 0.2) is 0 Å². The summed E-state index contributed by atoms with van der Waals surface area (Å²) in [6, 6.07) is 10.3. The standard InChI is InChI=1S/C17H17ClFNO/c1-20-7-6-12-8-13(3-5-16(12)20)17(21)9-11-2-4-14(19)10-15(11)18/h2-5,8,10,17,21H,6-7,9H2,1H3. The van der Waals surface area contributed by atoms with Gasteiger partial charge in [-0.25, -0.2) is 4.39 Å². The molecule has 3 rings (SSSR count). The molecule has 0 amide bonds. The normalized spacial score (nSPS) is 15.1. The number of hydrogen-bond acceptors (Lipinski definition) is 2. The predicted molar refractivity (Wildman–Crippen MR) is 83.5 cm³/mol. The van der Waals surface area contributed by atoms with Crippen molar-refractivity contribution < 1.29 is 9.50 Å². The largest absolute Gasteiger partial charge is 0.388 e. The van der Waals surface area contributed by atoms with Crippen LogP contribution in [0.1, 0.15) is 22.8 Å². The van der Waals surface area contributed by atoms with Crippen LogP contribution < -0.4 is 4.90 Å². The molecule has 1 N–H and O–H groups in total. The van der Waals surface area contributed by atoms with E-state index in [1.807, 2.05) is 12.1 Å². The van der Waals surface area contributed by atoms with Crippen molar-refractivity contribution in [2.24, 2.45) is 0 Å². The minimum Gasteiger partial charge on any atom is -0.388 e. The molecule has 21 heavy (non-hydrogen) atoms. The molecule has 0 saturated heterocycles. The van der Waals surface area contributed by atoms with Crippen LogP contribution in [0.4, 0.5) is 10.1 Å². The van der Waals surface area contributed by atoms with Crippen molar-refractivity contribution in [2.45, 2.75) is 18.9 Å². The van der Waals surface area contributed by atoms with E-state index in [0.717, 1.165) is 24.1 Å². The maximum atomic E-state index is 13.0. The number of aliphatic hydroxyl groups excluding tert-OH is 1. The van der Waals surface area contributed by atoms with Crippen LogP contribution >= 0.6 is 11.6 Å². The SMILES string of the molecule is CN1CCc2cc(C(O)Cc3ccc(F)cc3Cl)ccc21. The zero-order valence-corrected chi connectivity index (χ0v) is 12.6. The Bertz CT molecular complexity index is 674. The van der Waals surface area contributed by atoms with E-state index in [2.05, 4.69) is 18.0 Å². The number of nitrogens with zero attached hydrogens (tertiary/aromatic N) is 1. The van der Waals surface area contributed by atoms with Crippen molar-refractivity contribution >= 4 is 17.3 Å². The molecule has 0 radical (unpaired) electrons. The van der Waals surface area contributed by atoms with E-state index in [9.17, 15) is 9.50 Å². The lowest BCUT2D eigenvalue weighted by Gasteiger charge is -2.15. The fourth-order valence-corrected chi connectivity index (χ4v) is 3.05. The van der Waals surface area contributed by atoms with Gasteiger partial charge in [-0.1, -0.05) is 29.8 Å². The Labute approximate surface area is 128 Å². The molecule has 0 fully saturated rings. The van der Waals surface area contributed by atoms with E-state index >= 15 is 0 Å². The van der Waals surface area contributed by atoms with E-state index < -0.39 is 6.10 Å². The molecule has 1 aliphatic heterocycles. The number of likely N-dealkylation sites (N-methyl/N-ethyl adjacent to an activating group) is 1. The second-order valence-electron chi connectivity index (χ2n) is 5.52. The van der Waals surface area contributed by atoms with Crippen LogP contribution in [0.2, 0.25) is 5.02 Å². The van der Waals surface area contributed by atoms with Crippen LogP contribution in [-0.2, 0) is 12.8 Å². The van der Waals surface area contributed by atoms with Gasteiger partial charge in [-0.3, -0.25) is 0 Å². The molecule has 0 bridgehead atoms. The van der Waals surface area contributed by atoms with E-state index in [0.29, 0.717) is 11.4 Å². The number of anilines is 1. The van der Waals surface area contributed by atoms with Gasteiger partial charge in [0, 0.05) is 30.7 Å². The molecule has 1 heterocycles. The van der Waals surface area contributed by atoms with Gasteiger partial charge in [-0.15, -0.1) is 0 Å². The quantitative estimate of drug-likeness (QED) is 0.933. The Hall–Kier alpha value is -1.58. The first-order chi connectivity index (χ1) is 10.0. The Morgan fingerprint density at radius 3 is 2.86 bits per heavy atom. The molecular weight excluding hydrogens is 289 g/mol. The lowest BCUT2D eigenvalue weighted by molar-refractivity contribution is 0.178. The second kappa shape index (κ2) is 5.66. The molecule has 4 heteroatoms. The minimum absolute atomic E-state index is 0.356. The first-order valence-corrected chi connectivity index (χ1v) is 7.38. The molecule has 0 saturated carbocycles. The summed E-state index contributed by atoms with van der Waals surface area (Å²) in [4.78, 5) is 2.21. The van der Waals surface area contributed by atoms with Crippen molar-refractivity contribution in [3.63, 3.8) is 0 Å². The highest BCUT2D eigenvalue weighted by atomic mass is 35.5. The van der Waals surface area contributed by atoms with E-state index in [-0.39, 0.29) is 5.82 Å². The molecular formula is C17H17ClFNO. The van der Waals surface area contributed by atoms with Crippen LogP contribution in [-0.4, -0.2) is 18.7 Å². The van der Waals surface area contributed by atoms with Gasteiger partial charge in [0.1, 0.15) is 5.82 Å². The summed E-state index contributed by atoms with van der Waals surface area (Å²) >= 11 is 6.02. The lowest BCUT2D eigenvalue weighted by Crippen LogP contribution is -2.12. The number of hydrogen-bond donors (Lipinski definition) is 1. The fraction of sp³-hybridized carbons (Fsp3) is 0.294. The molecule has 2 aromatic carbocycles. The Morgan fingerprint density at radius 2 is 2.10 bits per heavy atom. The second-order valence-corrected chi connectivity index (χ2v) is 5.92. The molecule has 0 spiro atoms. The summed E-state index contributed by atoms with van der Waals surface area (Å²) < 4.78 is 13.0. The van der Waals surface area contributed by atoms with E-state index in [1.165, 1.54) is 23.4 Å². The average Bonchev–Trinajstić information content (AvgIpc) is 2.83. The monoisotopic (exact) mass is 305 g/mol. The third-order valence-corrected chi connectivity index (χ3v) is 4.40. The molecule has 1 atom stereocenters. The first-order valence-electron chi connectivity index (χ1n) is 7.00. The highest BCUT2D eigenvalue weighted by Crippen LogP contribution is 2.31. The molecule has 2 nitrogen and oxygen atoms in total. The third kappa shape index (κ3) is 2.89. The number of fused-ring (bicyclic) bond motifs is 1. The molecule has 0 aliphatic carbocycles. The number of benzene rings is 2. The van der Waals surface area contributed by atoms with Gasteiger partial charge in [-0.05, 0) is 41.3 Å². The summed E-state index contributed by atoms with van der Waals surface area (Å²) in [6.45, 7) is 1.01. The Balaban J connectivity index is 1.81. The summed E-state index contributed by atoms with van der Waals surface area (Å²) in [5, 5.41) is 10.8.